The summed E-state index contributed by atoms with van der Waals surface area (Å²) in [6, 6.07) is 12.1. The van der Waals surface area contributed by atoms with Crippen molar-refractivity contribution in [3.8, 4) is 0 Å². The third-order valence-corrected chi connectivity index (χ3v) is 5.29. The molecule has 2 unspecified atom stereocenters. The molecule has 160 valence electrons. The summed E-state index contributed by atoms with van der Waals surface area (Å²) in [5.41, 5.74) is 1.52. The van der Waals surface area contributed by atoms with Crippen LogP contribution in [0.1, 0.15) is 59.2 Å². The van der Waals surface area contributed by atoms with Crippen molar-refractivity contribution in [2.45, 2.75) is 44.8 Å². The number of unbranched alkanes of at least 4 members (excludes halogenated alkanes) is 1. The molecule has 2 aromatic rings. The smallest absolute Gasteiger partial charge is 0.352 e. The third kappa shape index (κ3) is 5.62. The van der Waals surface area contributed by atoms with Crippen LogP contribution >= 0.6 is 0 Å². The van der Waals surface area contributed by atoms with Crippen LogP contribution in [-0.2, 0) is 17.5 Å². The number of hydrogen-bond acceptors (Lipinski definition) is 2. The van der Waals surface area contributed by atoms with Gasteiger partial charge in [0.2, 0.25) is 5.91 Å². The Morgan fingerprint density at radius 2 is 1.67 bits per heavy atom. The SMILES string of the molecule is CCCCNC(=O)c1ccc(CNC(=O)C2CC2c2ccc(C(F)(F)F)cc2)cc1. The van der Waals surface area contributed by atoms with Gasteiger partial charge in [-0.2, -0.15) is 13.2 Å². The number of carbonyl (C=O) groups excluding carboxylic acids is 2. The summed E-state index contributed by atoms with van der Waals surface area (Å²) in [4.78, 5) is 24.4. The molecule has 0 saturated heterocycles. The molecule has 0 spiro atoms. The van der Waals surface area contributed by atoms with E-state index >= 15 is 0 Å². The van der Waals surface area contributed by atoms with Crippen molar-refractivity contribution in [1.29, 1.82) is 0 Å². The van der Waals surface area contributed by atoms with Gasteiger partial charge in [0.1, 0.15) is 0 Å². The Bertz CT molecular complexity index is 877. The topological polar surface area (TPSA) is 58.2 Å². The highest BCUT2D eigenvalue weighted by Gasteiger charge is 2.44. The Hall–Kier alpha value is -2.83. The van der Waals surface area contributed by atoms with Gasteiger partial charge in [-0.05, 0) is 54.2 Å². The minimum atomic E-state index is -4.36. The largest absolute Gasteiger partial charge is 0.416 e. The van der Waals surface area contributed by atoms with Crippen LogP contribution in [0.15, 0.2) is 48.5 Å². The second kappa shape index (κ2) is 9.32. The zero-order chi connectivity index (χ0) is 21.7. The molecule has 1 fully saturated rings. The normalized spacial score (nSPS) is 18.0. The fraction of sp³-hybridized carbons (Fsp3) is 0.391. The Kier molecular flexibility index (Phi) is 6.80. The van der Waals surface area contributed by atoms with E-state index in [4.69, 9.17) is 0 Å². The molecule has 1 saturated carbocycles. The van der Waals surface area contributed by atoms with Crippen molar-refractivity contribution in [2.24, 2.45) is 5.92 Å². The predicted octanol–water partition coefficient (Wildman–Crippen LogP) is 4.66. The highest BCUT2D eigenvalue weighted by Crippen LogP contribution is 2.48. The van der Waals surface area contributed by atoms with Gasteiger partial charge in [-0.1, -0.05) is 37.6 Å². The van der Waals surface area contributed by atoms with Crippen LogP contribution in [0, 0.1) is 5.92 Å². The van der Waals surface area contributed by atoms with Gasteiger partial charge in [0.05, 0.1) is 5.56 Å². The number of halogens is 3. The quantitative estimate of drug-likeness (QED) is 0.613. The van der Waals surface area contributed by atoms with Crippen molar-refractivity contribution in [2.75, 3.05) is 6.54 Å². The van der Waals surface area contributed by atoms with Crippen molar-refractivity contribution in [3.63, 3.8) is 0 Å². The lowest BCUT2D eigenvalue weighted by molar-refractivity contribution is -0.137. The van der Waals surface area contributed by atoms with Gasteiger partial charge in [0, 0.05) is 24.6 Å². The van der Waals surface area contributed by atoms with Crippen LogP contribution in [0.5, 0.6) is 0 Å². The van der Waals surface area contributed by atoms with Crippen LogP contribution in [0.4, 0.5) is 13.2 Å². The van der Waals surface area contributed by atoms with Gasteiger partial charge in [0.15, 0.2) is 0 Å². The van der Waals surface area contributed by atoms with E-state index in [2.05, 4.69) is 17.6 Å². The molecule has 2 amide bonds. The molecule has 7 heteroatoms. The number of carbonyl (C=O) groups is 2. The first-order valence-electron chi connectivity index (χ1n) is 10.1. The Labute approximate surface area is 173 Å². The lowest BCUT2D eigenvalue weighted by Gasteiger charge is -2.08. The fourth-order valence-corrected chi connectivity index (χ4v) is 3.35. The highest BCUT2D eigenvalue weighted by molar-refractivity contribution is 5.94. The molecule has 0 bridgehead atoms. The molecule has 0 aliphatic heterocycles. The average Bonchev–Trinajstić information content (AvgIpc) is 3.53. The summed E-state index contributed by atoms with van der Waals surface area (Å²) < 4.78 is 38.0. The molecular weight excluding hydrogens is 393 g/mol. The van der Waals surface area contributed by atoms with Gasteiger partial charge < -0.3 is 10.6 Å². The van der Waals surface area contributed by atoms with Crippen LogP contribution in [-0.4, -0.2) is 18.4 Å². The van der Waals surface area contributed by atoms with Gasteiger partial charge in [-0.3, -0.25) is 9.59 Å². The van der Waals surface area contributed by atoms with Crippen molar-refractivity contribution >= 4 is 11.8 Å². The van der Waals surface area contributed by atoms with Crippen molar-refractivity contribution in [3.05, 3.63) is 70.8 Å². The number of hydrogen-bond donors (Lipinski definition) is 2. The van der Waals surface area contributed by atoms with Crippen LogP contribution in [0.3, 0.4) is 0 Å². The fourth-order valence-electron chi connectivity index (χ4n) is 3.35. The maximum Gasteiger partial charge on any atom is 0.416 e. The van der Waals surface area contributed by atoms with E-state index < -0.39 is 11.7 Å². The summed E-state index contributed by atoms with van der Waals surface area (Å²) in [5, 5.41) is 5.72. The van der Waals surface area contributed by atoms with E-state index in [1.165, 1.54) is 12.1 Å². The molecule has 2 N–H and O–H groups in total. The first kappa shape index (κ1) is 21.9. The zero-order valence-corrected chi connectivity index (χ0v) is 16.8. The molecule has 30 heavy (non-hydrogen) atoms. The van der Waals surface area contributed by atoms with E-state index in [9.17, 15) is 22.8 Å². The number of alkyl halides is 3. The minimum absolute atomic E-state index is 0.0403. The number of nitrogens with one attached hydrogen (secondary N) is 2. The molecule has 2 aromatic carbocycles. The molecule has 3 rings (SSSR count). The lowest BCUT2D eigenvalue weighted by Crippen LogP contribution is -2.25. The predicted molar refractivity (Wildman–Crippen MR) is 108 cm³/mol. The van der Waals surface area contributed by atoms with Crippen LogP contribution in [0.25, 0.3) is 0 Å². The third-order valence-electron chi connectivity index (χ3n) is 5.29. The van der Waals surface area contributed by atoms with Crippen LogP contribution < -0.4 is 10.6 Å². The number of benzene rings is 2. The van der Waals surface area contributed by atoms with E-state index in [0.717, 1.165) is 36.1 Å². The average molecular weight is 418 g/mol. The molecule has 0 aromatic heterocycles. The Balaban J connectivity index is 1.47. The molecule has 2 atom stereocenters. The summed E-state index contributed by atoms with van der Waals surface area (Å²) in [7, 11) is 0. The van der Waals surface area contributed by atoms with Gasteiger partial charge in [-0.15, -0.1) is 0 Å². The van der Waals surface area contributed by atoms with E-state index in [1.807, 2.05) is 0 Å². The molecule has 0 heterocycles. The Morgan fingerprint density at radius 3 is 2.27 bits per heavy atom. The monoisotopic (exact) mass is 418 g/mol. The standard InChI is InChI=1S/C23H25F3N2O2/c1-2-3-12-27-21(29)17-6-4-15(5-7-17)14-28-22(30)20-13-19(20)16-8-10-18(11-9-16)23(24,25)26/h4-11,19-20H,2-3,12-14H2,1H3,(H,27,29)(H,28,30). The second-order valence-electron chi connectivity index (χ2n) is 7.59. The molecule has 1 aliphatic carbocycles. The first-order valence-corrected chi connectivity index (χ1v) is 10.1. The summed E-state index contributed by atoms with van der Waals surface area (Å²) >= 11 is 0. The summed E-state index contributed by atoms with van der Waals surface area (Å²) in [6.07, 6.45) is -1.78. The molecular formula is C23H25F3N2O2. The van der Waals surface area contributed by atoms with Crippen molar-refractivity contribution in [1.82, 2.24) is 10.6 Å². The summed E-state index contributed by atoms with van der Waals surface area (Å²) in [6.45, 7) is 3.05. The molecule has 1 aliphatic rings. The zero-order valence-electron chi connectivity index (χ0n) is 16.8. The van der Waals surface area contributed by atoms with E-state index in [0.29, 0.717) is 25.1 Å². The maximum atomic E-state index is 12.7. The Morgan fingerprint density at radius 1 is 1.00 bits per heavy atom. The van der Waals surface area contributed by atoms with Crippen LogP contribution in [0.2, 0.25) is 0 Å². The maximum absolute atomic E-state index is 12.7. The van der Waals surface area contributed by atoms with E-state index in [-0.39, 0.29) is 23.7 Å². The minimum Gasteiger partial charge on any atom is -0.352 e. The van der Waals surface area contributed by atoms with Crippen molar-refractivity contribution < 1.29 is 22.8 Å². The first-order chi connectivity index (χ1) is 14.3. The van der Waals surface area contributed by atoms with E-state index in [1.54, 1.807) is 24.3 Å². The van der Waals surface area contributed by atoms with Gasteiger partial charge in [0.25, 0.3) is 5.91 Å². The second-order valence-corrected chi connectivity index (χ2v) is 7.59. The van der Waals surface area contributed by atoms with Gasteiger partial charge >= 0.3 is 6.18 Å². The summed E-state index contributed by atoms with van der Waals surface area (Å²) in [5.74, 6) is -0.482. The number of amides is 2. The highest BCUT2D eigenvalue weighted by atomic mass is 19.4. The number of rotatable bonds is 8. The lowest BCUT2D eigenvalue weighted by atomic mass is 10.1. The molecule has 4 nitrogen and oxygen atoms in total. The van der Waals surface area contributed by atoms with Gasteiger partial charge in [-0.25, -0.2) is 0 Å². The molecule has 0 radical (unpaired) electrons.